The van der Waals surface area contributed by atoms with Crippen molar-refractivity contribution in [3.63, 3.8) is 0 Å². The fourth-order valence-corrected chi connectivity index (χ4v) is 2.32. The molecule has 1 aliphatic heterocycles. The Balaban J connectivity index is 2.27. The van der Waals surface area contributed by atoms with E-state index in [4.69, 9.17) is 4.74 Å². The first-order valence-corrected chi connectivity index (χ1v) is 6.66. The molecule has 1 aliphatic rings. The van der Waals surface area contributed by atoms with E-state index in [9.17, 15) is 4.79 Å². The van der Waals surface area contributed by atoms with Gasteiger partial charge in [-0.2, -0.15) is 0 Å². The normalized spacial score (nSPS) is 23.9. The van der Waals surface area contributed by atoms with Crippen LogP contribution in [0.15, 0.2) is 0 Å². The molecule has 0 bridgehead atoms. The van der Waals surface area contributed by atoms with Crippen LogP contribution in [0.3, 0.4) is 0 Å². The monoisotopic (exact) mass is 241 g/mol. The minimum absolute atomic E-state index is 0.0480. The molecule has 0 N–H and O–H groups in total. The highest BCUT2D eigenvalue weighted by Crippen LogP contribution is 2.24. The Morgan fingerprint density at radius 1 is 1.47 bits per heavy atom. The molecule has 17 heavy (non-hydrogen) atoms. The maximum Gasteiger partial charge on any atom is 0.222 e. The molecule has 0 aromatic rings. The van der Waals surface area contributed by atoms with Crippen LogP contribution in [0.25, 0.3) is 0 Å². The number of ether oxygens (including phenoxy) is 1. The van der Waals surface area contributed by atoms with Crippen LogP contribution in [-0.2, 0) is 9.53 Å². The van der Waals surface area contributed by atoms with Gasteiger partial charge in [0, 0.05) is 26.6 Å². The van der Waals surface area contributed by atoms with Gasteiger partial charge in [-0.25, -0.2) is 0 Å². The summed E-state index contributed by atoms with van der Waals surface area (Å²) >= 11 is 0. The zero-order valence-corrected chi connectivity index (χ0v) is 12.0. The summed E-state index contributed by atoms with van der Waals surface area (Å²) in [6.07, 6.45) is 2.92. The van der Waals surface area contributed by atoms with Gasteiger partial charge in [0.25, 0.3) is 0 Å². The molecule has 0 aromatic carbocycles. The van der Waals surface area contributed by atoms with Gasteiger partial charge in [-0.1, -0.05) is 6.92 Å². The van der Waals surface area contributed by atoms with Gasteiger partial charge in [0.15, 0.2) is 0 Å². The van der Waals surface area contributed by atoms with Gasteiger partial charge in [-0.3, -0.25) is 4.79 Å². The average Bonchev–Trinajstić information content (AvgIpc) is 2.20. The highest BCUT2D eigenvalue weighted by Gasteiger charge is 2.24. The zero-order valence-electron chi connectivity index (χ0n) is 12.0. The van der Waals surface area contributed by atoms with Crippen LogP contribution in [0.5, 0.6) is 0 Å². The van der Waals surface area contributed by atoms with E-state index in [1.807, 2.05) is 11.9 Å². The summed E-state index contributed by atoms with van der Waals surface area (Å²) in [6.45, 7) is 10.2. The number of likely N-dealkylation sites (tertiary alicyclic amines) is 1. The largest absolute Gasteiger partial charge is 0.376 e. The number of piperidine rings is 1. The van der Waals surface area contributed by atoms with Crippen LogP contribution in [-0.4, -0.2) is 36.6 Å². The Morgan fingerprint density at radius 3 is 2.65 bits per heavy atom. The summed E-state index contributed by atoms with van der Waals surface area (Å²) < 4.78 is 5.80. The molecule has 3 nitrogen and oxygen atoms in total. The van der Waals surface area contributed by atoms with Gasteiger partial charge in [0.2, 0.25) is 5.91 Å². The van der Waals surface area contributed by atoms with Gasteiger partial charge in [0.05, 0.1) is 5.60 Å². The van der Waals surface area contributed by atoms with Crippen molar-refractivity contribution in [2.24, 2.45) is 11.8 Å². The second kappa shape index (κ2) is 5.85. The van der Waals surface area contributed by atoms with Gasteiger partial charge in [-0.05, 0) is 45.4 Å². The van der Waals surface area contributed by atoms with E-state index in [-0.39, 0.29) is 5.60 Å². The molecule has 0 unspecified atom stereocenters. The molecule has 2 atom stereocenters. The Morgan fingerprint density at radius 2 is 2.12 bits per heavy atom. The molecule has 1 fully saturated rings. The van der Waals surface area contributed by atoms with E-state index in [1.165, 1.54) is 0 Å². The van der Waals surface area contributed by atoms with Crippen molar-refractivity contribution in [2.45, 2.75) is 52.6 Å². The summed E-state index contributed by atoms with van der Waals surface area (Å²) in [7, 11) is 1.91. The van der Waals surface area contributed by atoms with Gasteiger partial charge >= 0.3 is 0 Å². The maximum absolute atomic E-state index is 11.4. The lowest BCUT2D eigenvalue weighted by molar-refractivity contribution is -0.133. The predicted octanol–water partition coefficient (Wildman–Crippen LogP) is 2.70. The molecular weight excluding hydrogens is 214 g/mol. The van der Waals surface area contributed by atoms with Crippen molar-refractivity contribution < 1.29 is 9.53 Å². The fraction of sp³-hybridized carbons (Fsp3) is 0.929. The van der Waals surface area contributed by atoms with Crippen molar-refractivity contribution in [3.8, 4) is 0 Å². The first kappa shape index (κ1) is 14.5. The van der Waals surface area contributed by atoms with E-state index in [1.54, 1.807) is 0 Å². The summed E-state index contributed by atoms with van der Waals surface area (Å²) in [4.78, 5) is 13.3. The van der Waals surface area contributed by atoms with Crippen molar-refractivity contribution in [1.82, 2.24) is 4.90 Å². The number of hydrogen-bond donors (Lipinski definition) is 0. The van der Waals surface area contributed by atoms with E-state index in [0.29, 0.717) is 24.2 Å². The van der Waals surface area contributed by atoms with Crippen molar-refractivity contribution in [2.75, 3.05) is 20.2 Å². The van der Waals surface area contributed by atoms with Crippen LogP contribution in [0.2, 0.25) is 0 Å². The molecule has 0 aliphatic carbocycles. The number of hydrogen-bond acceptors (Lipinski definition) is 2. The van der Waals surface area contributed by atoms with Gasteiger partial charge < -0.3 is 9.64 Å². The molecule has 1 saturated heterocycles. The molecule has 1 heterocycles. The number of carbonyl (C=O) groups excluding carboxylic acids is 1. The van der Waals surface area contributed by atoms with E-state index >= 15 is 0 Å². The SMILES string of the molecule is C[C@H](COC(C)(C)C)C[C@H]1CCC(=O)N(C)C1. The minimum Gasteiger partial charge on any atom is -0.376 e. The molecule has 1 amide bonds. The summed E-state index contributed by atoms with van der Waals surface area (Å²) in [5.74, 6) is 1.51. The van der Waals surface area contributed by atoms with Crippen LogP contribution in [0.4, 0.5) is 0 Å². The van der Waals surface area contributed by atoms with Gasteiger partial charge in [0.1, 0.15) is 0 Å². The Kier molecular flexibility index (Phi) is 4.99. The number of nitrogens with zero attached hydrogens (tertiary/aromatic N) is 1. The van der Waals surface area contributed by atoms with Crippen LogP contribution in [0, 0.1) is 11.8 Å². The van der Waals surface area contributed by atoms with Crippen molar-refractivity contribution in [3.05, 3.63) is 0 Å². The lowest BCUT2D eigenvalue weighted by atomic mass is 9.89. The Labute approximate surface area is 106 Å². The third-order valence-electron chi connectivity index (χ3n) is 3.26. The van der Waals surface area contributed by atoms with E-state index < -0.39 is 0 Å². The molecule has 3 heteroatoms. The smallest absolute Gasteiger partial charge is 0.222 e. The highest BCUT2D eigenvalue weighted by atomic mass is 16.5. The molecule has 0 saturated carbocycles. The van der Waals surface area contributed by atoms with Crippen LogP contribution < -0.4 is 0 Å². The first-order valence-electron chi connectivity index (χ1n) is 6.66. The van der Waals surface area contributed by atoms with Gasteiger partial charge in [-0.15, -0.1) is 0 Å². The Bertz CT molecular complexity index is 257. The third kappa shape index (κ3) is 5.53. The van der Waals surface area contributed by atoms with E-state index in [2.05, 4.69) is 27.7 Å². The molecule has 1 rings (SSSR count). The second-order valence-corrected chi connectivity index (χ2v) is 6.44. The maximum atomic E-state index is 11.4. The quantitative estimate of drug-likeness (QED) is 0.757. The first-order chi connectivity index (χ1) is 7.78. The van der Waals surface area contributed by atoms with E-state index in [0.717, 1.165) is 26.0 Å². The van der Waals surface area contributed by atoms with Crippen LogP contribution >= 0.6 is 0 Å². The summed E-state index contributed by atoms with van der Waals surface area (Å²) in [6, 6.07) is 0. The topological polar surface area (TPSA) is 29.5 Å². The average molecular weight is 241 g/mol. The molecular formula is C14H27NO2. The standard InChI is InChI=1S/C14H27NO2/c1-11(10-17-14(2,3)4)8-12-6-7-13(16)15(5)9-12/h11-12H,6-10H2,1-5H3/t11-,12+/m0/s1. The third-order valence-corrected chi connectivity index (χ3v) is 3.26. The fourth-order valence-electron chi connectivity index (χ4n) is 2.32. The van der Waals surface area contributed by atoms with Crippen LogP contribution in [0.1, 0.15) is 47.0 Å². The van der Waals surface area contributed by atoms with Crippen molar-refractivity contribution >= 4 is 5.91 Å². The van der Waals surface area contributed by atoms with Crippen molar-refractivity contribution in [1.29, 1.82) is 0 Å². The molecule has 0 aromatic heterocycles. The number of carbonyl (C=O) groups is 1. The molecule has 100 valence electrons. The minimum atomic E-state index is -0.0480. The summed E-state index contributed by atoms with van der Waals surface area (Å²) in [5.41, 5.74) is -0.0480. The zero-order chi connectivity index (χ0) is 13.1. The molecule has 0 spiro atoms. The lowest BCUT2D eigenvalue weighted by Crippen LogP contribution is -2.37. The number of rotatable bonds is 4. The number of amides is 1. The molecule has 0 radical (unpaired) electrons. The highest BCUT2D eigenvalue weighted by molar-refractivity contribution is 5.76. The predicted molar refractivity (Wildman–Crippen MR) is 69.8 cm³/mol. The Hall–Kier alpha value is -0.570. The second-order valence-electron chi connectivity index (χ2n) is 6.44. The summed E-state index contributed by atoms with van der Waals surface area (Å²) in [5, 5.41) is 0. The lowest BCUT2D eigenvalue weighted by Gasteiger charge is -2.31.